The monoisotopic (exact) mass is 401 g/mol. The summed E-state index contributed by atoms with van der Waals surface area (Å²) >= 11 is 0. The molecule has 0 amide bonds. The number of carbonyl (C=O) groups excluding carboxylic acids is 2. The predicted molar refractivity (Wildman–Crippen MR) is 113 cm³/mol. The lowest BCUT2D eigenvalue weighted by Crippen LogP contribution is -2.57. The molecule has 1 heterocycles. The van der Waals surface area contributed by atoms with Gasteiger partial charge < -0.3 is 9.64 Å². The maximum absolute atomic E-state index is 13.3. The maximum Gasteiger partial charge on any atom is 0.139 e. The van der Waals surface area contributed by atoms with E-state index in [1.165, 1.54) is 25.9 Å². The van der Waals surface area contributed by atoms with E-state index in [1.54, 1.807) is 0 Å². The molecule has 0 N–H and O–H groups in total. The molecule has 7 atom stereocenters. The largest absolute Gasteiger partial charge is 0.377 e. The van der Waals surface area contributed by atoms with Crippen LogP contribution in [0, 0.1) is 34.5 Å². The van der Waals surface area contributed by atoms with Crippen LogP contribution in [0.15, 0.2) is 0 Å². The lowest BCUT2D eigenvalue weighted by atomic mass is 9.45. The summed E-state index contributed by atoms with van der Waals surface area (Å²) in [6.07, 6.45) is 10.7. The van der Waals surface area contributed by atoms with Gasteiger partial charge in [0.25, 0.3) is 0 Å². The van der Waals surface area contributed by atoms with E-state index in [2.05, 4.69) is 18.7 Å². The molecule has 162 valence electrons. The van der Waals surface area contributed by atoms with Crippen LogP contribution in [0.1, 0.15) is 78.1 Å². The predicted octanol–water partition coefficient (Wildman–Crippen LogP) is 4.26. The van der Waals surface area contributed by atoms with Crippen LogP contribution in [0.4, 0.5) is 0 Å². The molecule has 4 nitrogen and oxygen atoms in total. The van der Waals surface area contributed by atoms with Crippen molar-refractivity contribution in [3.63, 3.8) is 0 Å². The minimum absolute atomic E-state index is 0.127. The van der Waals surface area contributed by atoms with Crippen molar-refractivity contribution in [2.75, 3.05) is 26.2 Å². The Morgan fingerprint density at radius 1 is 1.03 bits per heavy atom. The van der Waals surface area contributed by atoms with Gasteiger partial charge in [-0.25, -0.2) is 0 Å². The molecule has 0 radical (unpaired) electrons. The fourth-order valence-corrected chi connectivity index (χ4v) is 8.28. The topological polar surface area (TPSA) is 46.6 Å². The Morgan fingerprint density at radius 3 is 2.62 bits per heavy atom. The van der Waals surface area contributed by atoms with Crippen LogP contribution in [0.2, 0.25) is 0 Å². The molecular weight excluding hydrogens is 362 g/mol. The first-order valence-corrected chi connectivity index (χ1v) is 12.3. The summed E-state index contributed by atoms with van der Waals surface area (Å²) in [7, 11) is 0. The van der Waals surface area contributed by atoms with E-state index in [1.807, 2.05) is 0 Å². The minimum Gasteiger partial charge on any atom is -0.377 e. The zero-order valence-corrected chi connectivity index (χ0v) is 18.5. The van der Waals surface area contributed by atoms with Crippen molar-refractivity contribution in [1.29, 1.82) is 0 Å². The zero-order valence-electron chi connectivity index (χ0n) is 18.5. The van der Waals surface area contributed by atoms with Crippen molar-refractivity contribution in [1.82, 2.24) is 4.90 Å². The summed E-state index contributed by atoms with van der Waals surface area (Å²) in [6, 6.07) is 0. The van der Waals surface area contributed by atoms with Crippen LogP contribution < -0.4 is 0 Å². The number of hydrogen-bond acceptors (Lipinski definition) is 4. The van der Waals surface area contributed by atoms with Crippen molar-refractivity contribution in [2.45, 2.75) is 84.2 Å². The van der Waals surface area contributed by atoms with Gasteiger partial charge in [0.05, 0.1) is 12.7 Å². The van der Waals surface area contributed by atoms with Gasteiger partial charge in [-0.2, -0.15) is 0 Å². The molecule has 5 aliphatic rings. The Labute approximate surface area is 176 Å². The van der Waals surface area contributed by atoms with Crippen LogP contribution in [0.3, 0.4) is 0 Å². The molecule has 5 rings (SSSR count). The summed E-state index contributed by atoms with van der Waals surface area (Å²) in [4.78, 5) is 28.4. The lowest BCUT2D eigenvalue weighted by molar-refractivity contribution is -0.163. The van der Waals surface area contributed by atoms with E-state index < -0.39 is 0 Å². The van der Waals surface area contributed by atoms with Gasteiger partial charge in [-0.3, -0.25) is 9.59 Å². The molecule has 0 aromatic carbocycles. The third-order valence-corrected chi connectivity index (χ3v) is 10.1. The molecule has 0 bridgehead atoms. The fourth-order valence-electron chi connectivity index (χ4n) is 8.28. The van der Waals surface area contributed by atoms with Gasteiger partial charge in [0.1, 0.15) is 11.6 Å². The first kappa shape index (κ1) is 20.2. The molecular formula is C25H39NO3. The highest BCUT2D eigenvalue weighted by atomic mass is 16.5. The van der Waals surface area contributed by atoms with Gasteiger partial charge in [0.15, 0.2) is 0 Å². The minimum atomic E-state index is -0.138. The van der Waals surface area contributed by atoms with Gasteiger partial charge in [-0.15, -0.1) is 0 Å². The quantitative estimate of drug-likeness (QED) is 0.706. The van der Waals surface area contributed by atoms with Gasteiger partial charge in [-0.05, 0) is 87.6 Å². The van der Waals surface area contributed by atoms with Crippen LogP contribution in [-0.4, -0.2) is 48.8 Å². The van der Waals surface area contributed by atoms with Crippen molar-refractivity contribution in [3.05, 3.63) is 0 Å². The molecule has 4 heteroatoms. The summed E-state index contributed by atoms with van der Waals surface area (Å²) < 4.78 is 6.28. The summed E-state index contributed by atoms with van der Waals surface area (Å²) in [5, 5.41) is 0. The van der Waals surface area contributed by atoms with E-state index in [4.69, 9.17) is 4.74 Å². The number of Topliss-reactive ketones (excluding diaryl/α,β-unsaturated/α-hetero) is 2. The molecule has 2 unspecified atom stereocenters. The first-order valence-electron chi connectivity index (χ1n) is 12.3. The fraction of sp³-hybridized carbons (Fsp3) is 0.920. The van der Waals surface area contributed by atoms with Gasteiger partial charge >= 0.3 is 0 Å². The molecule has 29 heavy (non-hydrogen) atoms. The number of fused-ring (bicyclic) bond motifs is 5. The molecule has 0 aromatic heterocycles. The number of rotatable bonds is 4. The highest BCUT2D eigenvalue weighted by molar-refractivity contribution is 5.88. The molecule has 1 saturated heterocycles. The van der Waals surface area contributed by atoms with Crippen molar-refractivity contribution in [3.8, 4) is 0 Å². The SMILES string of the molecule is C[C@]12CCC(OCCN3CCCC3)CC1C(=O)C[C@@H]1[C@H]2CC[C@]2(C)C(=O)CC[C@@H]12. The second-order valence-corrected chi connectivity index (χ2v) is 11.3. The summed E-state index contributed by atoms with van der Waals surface area (Å²) in [5.74, 6) is 2.64. The highest BCUT2D eigenvalue weighted by Crippen LogP contribution is 2.64. The number of ketones is 2. The van der Waals surface area contributed by atoms with Crippen molar-refractivity contribution >= 4 is 11.6 Å². The van der Waals surface area contributed by atoms with E-state index in [9.17, 15) is 9.59 Å². The molecule has 1 aliphatic heterocycles. The summed E-state index contributed by atoms with van der Waals surface area (Å²) in [5.41, 5.74) is -0.0116. The Hall–Kier alpha value is -0.740. The van der Waals surface area contributed by atoms with E-state index in [-0.39, 0.29) is 22.9 Å². The molecule has 0 spiro atoms. The normalized spacial score (nSPS) is 47.7. The smallest absolute Gasteiger partial charge is 0.139 e. The molecule has 4 saturated carbocycles. The Balaban J connectivity index is 1.25. The lowest BCUT2D eigenvalue weighted by Gasteiger charge is -2.59. The standard InChI is InChI=1S/C25H39NO3/c1-24-9-7-17(29-14-13-26-11-3-4-12-26)15-21(24)22(27)16-18-19-5-6-23(28)25(19,2)10-8-20(18)24/h17-21H,3-16H2,1-2H3/t17?,18-,19-,20+,21?,24+,25-/m0/s1. The average molecular weight is 402 g/mol. The molecule has 5 fully saturated rings. The van der Waals surface area contributed by atoms with Crippen molar-refractivity contribution < 1.29 is 14.3 Å². The zero-order chi connectivity index (χ0) is 20.2. The number of likely N-dealkylation sites (tertiary alicyclic amines) is 1. The number of ether oxygens (including phenoxy) is 1. The highest BCUT2D eigenvalue weighted by Gasteiger charge is 2.62. The average Bonchev–Trinajstić information content (AvgIpc) is 3.31. The molecule has 0 aromatic rings. The Kier molecular flexibility index (Phi) is 5.18. The first-order chi connectivity index (χ1) is 13.9. The van der Waals surface area contributed by atoms with E-state index in [0.29, 0.717) is 29.3 Å². The third-order valence-electron chi connectivity index (χ3n) is 10.1. The van der Waals surface area contributed by atoms with Crippen LogP contribution in [0.5, 0.6) is 0 Å². The molecule has 4 aliphatic carbocycles. The van der Waals surface area contributed by atoms with E-state index in [0.717, 1.165) is 64.5 Å². The Morgan fingerprint density at radius 2 is 1.83 bits per heavy atom. The number of carbonyl (C=O) groups is 2. The number of hydrogen-bond donors (Lipinski definition) is 0. The van der Waals surface area contributed by atoms with Crippen LogP contribution >= 0.6 is 0 Å². The third kappa shape index (κ3) is 3.24. The van der Waals surface area contributed by atoms with Crippen molar-refractivity contribution in [2.24, 2.45) is 34.5 Å². The van der Waals surface area contributed by atoms with Gasteiger partial charge in [0.2, 0.25) is 0 Å². The second kappa shape index (κ2) is 7.44. The van der Waals surface area contributed by atoms with Crippen LogP contribution in [-0.2, 0) is 14.3 Å². The van der Waals surface area contributed by atoms with Gasteiger partial charge in [0, 0.05) is 30.7 Å². The van der Waals surface area contributed by atoms with Gasteiger partial charge in [-0.1, -0.05) is 13.8 Å². The second-order valence-electron chi connectivity index (χ2n) is 11.3. The van der Waals surface area contributed by atoms with Crippen LogP contribution in [0.25, 0.3) is 0 Å². The maximum atomic E-state index is 13.3. The Bertz CT molecular complexity index is 671. The summed E-state index contributed by atoms with van der Waals surface area (Å²) in [6.45, 7) is 8.92. The van der Waals surface area contributed by atoms with E-state index >= 15 is 0 Å². The number of nitrogens with zero attached hydrogens (tertiary/aromatic N) is 1.